The number of thiophene rings is 1. The van der Waals surface area contributed by atoms with Crippen LogP contribution < -0.4 is 0 Å². The molecule has 0 nitrogen and oxygen atoms in total. The molecule has 0 aliphatic heterocycles. The lowest BCUT2D eigenvalue weighted by molar-refractivity contribution is -0.0227. The number of hydrogen-bond acceptors (Lipinski definition) is 1. The Hall–Kier alpha value is -0.650. The SMILES string of the molecule is FC(F)C(F)C(F)C(F)Cc1cccs1. The Kier molecular flexibility index (Phi) is 4.50. The summed E-state index contributed by atoms with van der Waals surface area (Å²) in [5.74, 6) is 0. The summed E-state index contributed by atoms with van der Waals surface area (Å²) in [7, 11) is 0. The third-order valence-corrected chi connectivity index (χ3v) is 2.77. The van der Waals surface area contributed by atoms with E-state index in [-0.39, 0.29) is 6.42 Å². The molecule has 0 N–H and O–H groups in total. The zero-order chi connectivity index (χ0) is 11.4. The lowest BCUT2D eigenvalue weighted by atomic mass is 10.1. The molecule has 6 heteroatoms. The summed E-state index contributed by atoms with van der Waals surface area (Å²) < 4.78 is 61.8. The fourth-order valence-corrected chi connectivity index (χ4v) is 1.82. The highest BCUT2D eigenvalue weighted by Gasteiger charge is 2.36. The fourth-order valence-electron chi connectivity index (χ4n) is 1.07. The highest BCUT2D eigenvalue weighted by atomic mass is 32.1. The van der Waals surface area contributed by atoms with Crippen molar-refractivity contribution in [3.63, 3.8) is 0 Å². The first-order valence-electron chi connectivity index (χ1n) is 4.25. The Labute approximate surface area is 87.7 Å². The summed E-state index contributed by atoms with van der Waals surface area (Å²) in [6.45, 7) is 0. The Morgan fingerprint density at radius 3 is 2.20 bits per heavy atom. The van der Waals surface area contributed by atoms with Gasteiger partial charge in [0.1, 0.15) is 6.17 Å². The Morgan fingerprint density at radius 1 is 1.07 bits per heavy atom. The fraction of sp³-hybridized carbons (Fsp3) is 0.556. The molecule has 0 radical (unpaired) electrons. The average molecular weight is 244 g/mol. The second-order valence-corrected chi connectivity index (χ2v) is 4.06. The number of hydrogen-bond donors (Lipinski definition) is 0. The van der Waals surface area contributed by atoms with Gasteiger partial charge in [0.2, 0.25) is 0 Å². The smallest absolute Gasteiger partial charge is 0.244 e. The van der Waals surface area contributed by atoms with Crippen molar-refractivity contribution in [2.75, 3.05) is 0 Å². The van der Waals surface area contributed by atoms with Crippen LogP contribution in [0.4, 0.5) is 22.0 Å². The second-order valence-electron chi connectivity index (χ2n) is 3.02. The highest BCUT2D eigenvalue weighted by molar-refractivity contribution is 7.09. The molecule has 0 aliphatic rings. The standard InChI is InChI=1S/C9H9F5S/c10-6(4-5-2-1-3-15-5)7(11)8(12)9(13)14/h1-3,6-9H,4H2. The van der Waals surface area contributed by atoms with Gasteiger partial charge in [0.15, 0.2) is 12.3 Å². The molecular formula is C9H9F5S. The largest absolute Gasteiger partial charge is 0.272 e. The molecule has 0 fully saturated rings. The van der Waals surface area contributed by atoms with Crippen LogP contribution in [0.15, 0.2) is 17.5 Å². The maximum atomic E-state index is 13.0. The number of halogens is 5. The van der Waals surface area contributed by atoms with Crippen molar-refractivity contribution in [3.05, 3.63) is 22.4 Å². The van der Waals surface area contributed by atoms with Crippen molar-refractivity contribution in [2.45, 2.75) is 31.4 Å². The Morgan fingerprint density at radius 2 is 1.73 bits per heavy atom. The molecule has 1 aromatic heterocycles. The van der Waals surface area contributed by atoms with Gasteiger partial charge in [0, 0.05) is 11.3 Å². The maximum absolute atomic E-state index is 13.0. The van der Waals surface area contributed by atoms with E-state index in [0.717, 1.165) is 0 Å². The van der Waals surface area contributed by atoms with Gasteiger partial charge in [-0.05, 0) is 11.4 Å². The van der Waals surface area contributed by atoms with E-state index in [0.29, 0.717) is 4.88 Å². The van der Waals surface area contributed by atoms with E-state index in [1.165, 1.54) is 11.3 Å². The zero-order valence-corrected chi connectivity index (χ0v) is 8.36. The van der Waals surface area contributed by atoms with Gasteiger partial charge in [-0.3, -0.25) is 0 Å². The summed E-state index contributed by atoms with van der Waals surface area (Å²) >= 11 is 1.17. The van der Waals surface area contributed by atoms with Gasteiger partial charge >= 0.3 is 0 Å². The molecule has 0 saturated heterocycles. The normalized spacial score (nSPS) is 17.7. The first kappa shape index (κ1) is 12.4. The quantitative estimate of drug-likeness (QED) is 0.694. The van der Waals surface area contributed by atoms with Gasteiger partial charge in [-0.25, -0.2) is 22.0 Å². The van der Waals surface area contributed by atoms with Crippen molar-refractivity contribution in [1.29, 1.82) is 0 Å². The maximum Gasteiger partial charge on any atom is 0.272 e. The predicted molar refractivity (Wildman–Crippen MR) is 48.7 cm³/mol. The Balaban J connectivity index is 2.49. The summed E-state index contributed by atoms with van der Waals surface area (Å²) in [4.78, 5) is 0.506. The van der Waals surface area contributed by atoms with Crippen LogP contribution >= 0.6 is 11.3 Å². The van der Waals surface area contributed by atoms with E-state index in [2.05, 4.69) is 0 Å². The number of rotatable bonds is 5. The summed E-state index contributed by atoms with van der Waals surface area (Å²) in [5, 5.41) is 1.65. The van der Waals surface area contributed by atoms with Crippen LogP contribution in [0, 0.1) is 0 Å². The van der Waals surface area contributed by atoms with Crippen LogP contribution in [0.25, 0.3) is 0 Å². The predicted octanol–water partition coefficient (Wildman–Crippen LogP) is 3.57. The van der Waals surface area contributed by atoms with Crippen LogP contribution in [-0.2, 0) is 6.42 Å². The van der Waals surface area contributed by atoms with Crippen molar-refractivity contribution in [1.82, 2.24) is 0 Å². The van der Waals surface area contributed by atoms with E-state index < -0.39 is 24.9 Å². The lowest BCUT2D eigenvalue weighted by Gasteiger charge is -2.16. The molecule has 0 amide bonds. The van der Waals surface area contributed by atoms with Gasteiger partial charge in [-0.2, -0.15) is 0 Å². The molecule has 3 unspecified atom stereocenters. The van der Waals surface area contributed by atoms with Crippen LogP contribution in [0.2, 0.25) is 0 Å². The average Bonchev–Trinajstić information content (AvgIpc) is 2.67. The van der Waals surface area contributed by atoms with Gasteiger partial charge in [0.25, 0.3) is 6.43 Å². The van der Waals surface area contributed by atoms with Gasteiger partial charge in [-0.1, -0.05) is 6.07 Å². The minimum Gasteiger partial charge on any atom is -0.244 e. The van der Waals surface area contributed by atoms with Gasteiger partial charge in [0.05, 0.1) is 0 Å². The molecule has 1 aromatic rings. The van der Waals surface area contributed by atoms with Crippen molar-refractivity contribution in [2.24, 2.45) is 0 Å². The van der Waals surface area contributed by atoms with Crippen LogP contribution in [0.5, 0.6) is 0 Å². The minimum atomic E-state index is -3.48. The first-order valence-corrected chi connectivity index (χ1v) is 5.13. The first-order chi connectivity index (χ1) is 7.02. The molecule has 1 rings (SSSR count). The molecule has 1 heterocycles. The highest BCUT2D eigenvalue weighted by Crippen LogP contribution is 2.22. The van der Waals surface area contributed by atoms with E-state index in [4.69, 9.17) is 0 Å². The van der Waals surface area contributed by atoms with E-state index in [1.54, 1.807) is 17.5 Å². The van der Waals surface area contributed by atoms with Crippen LogP contribution in [0.1, 0.15) is 4.88 Å². The van der Waals surface area contributed by atoms with E-state index in [1.807, 2.05) is 0 Å². The van der Waals surface area contributed by atoms with Gasteiger partial charge in [-0.15, -0.1) is 11.3 Å². The lowest BCUT2D eigenvalue weighted by Crippen LogP contribution is -2.34. The van der Waals surface area contributed by atoms with Crippen molar-refractivity contribution >= 4 is 11.3 Å². The molecule has 0 bridgehead atoms. The molecule has 0 saturated carbocycles. The van der Waals surface area contributed by atoms with Crippen molar-refractivity contribution in [3.8, 4) is 0 Å². The third-order valence-electron chi connectivity index (χ3n) is 1.87. The van der Waals surface area contributed by atoms with E-state index in [9.17, 15) is 22.0 Å². The van der Waals surface area contributed by atoms with E-state index >= 15 is 0 Å². The minimum absolute atomic E-state index is 0.369. The summed E-state index contributed by atoms with van der Waals surface area (Å²) in [6.07, 6.45) is -11.9. The summed E-state index contributed by atoms with van der Waals surface area (Å²) in [6, 6.07) is 3.17. The molecular weight excluding hydrogens is 235 g/mol. The molecule has 3 atom stereocenters. The molecule has 0 aromatic carbocycles. The van der Waals surface area contributed by atoms with Crippen LogP contribution in [-0.4, -0.2) is 24.9 Å². The zero-order valence-electron chi connectivity index (χ0n) is 7.55. The molecule has 15 heavy (non-hydrogen) atoms. The topological polar surface area (TPSA) is 0 Å². The van der Waals surface area contributed by atoms with Gasteiger partial charge < -0.3 is 0 Å². The summed E-state index contributed by atoms with van der Waals surface area (Å²) in [5.41, 5.74) is 0. The van der Waals surface area contributed by atoms with Crippen molar-refractivity contribution < 1.29 is 22.0 Å². The molecule has 0 aliphatic carbocycles. The number of alkyl halides is 5. The Bertz CT molecular complexity index is 274. The third kappa shape index (κ3) is 3.44. The molecule has 86 valence electrons. The molecule has 0 spiro atoms. The second kappa shape index (κ2) is 5.44. The van der Waals surface area contributed by atoms with Crippen LogP contribution in [0.3, 0.4) is 0 Å². The monoisotopic (exact) mass is 244 g/mol.